The molecule has 1 aliphatic heterocycles. The van der Waals surface area contributed by atoms with E-state index in [-0.39, 0.29) is 11.8 Å². The molecule has 0 aliphatic carbocycles. The molecule has 1 heterocycles. The van der Waals surface area contributed by atoms with Crippen LogP contribution in [0.15, 0.2) is 0 Å². The van der Waals surface area contributed by atoms with E-state index in [9.17, 15) is 30.4 Å². The van der Waals surface area contributed by atoms with Crippen molar-refractivity contribution in [2.45, 2.75) is 56.7 Å². The van der Waals surface area contributed by atoms with Crippen LogP contribution >= 0.6 is 0 Å². The second kappa shape index (κ2) is 7.21. The fourth-order valence-corrected chi connectivity index (χ4v) is 3.71. The predicted octanol–water partition coefficient (Wildman–Crippen LogP) is 2.91. The van der Waals surface area contributed by atoms with Gasteiger partial charge in [0, 0.05) is 12.5 Å². The topological polar surface area (TPSA) is 46.2 Å². The molecule has 0 amide bonds. The van der Waals surface area contributed by atoms with E-state index in [0.29, 0.717) is 12.8 Å². The average molecular weight is 337 g/mol. The van der Waals surface area contributed by atoms with E-state index in [0.717, 1.165) is 19.4 Å². The van der Waals surface area contributed by atoms with Crippen LogP contribution in [-0.2, 0) is 9.84 Å². The Kier molecular flexibility index (Phi) is 6.39. The lowest BCUT2D eigenvalue weighted by atomic mass is 10.1. The van der Waals surface area contributed by atoms with Gasteiger partial charge in [0.25, 0.3) is 0 Å². The summed E-state index contributed by atoms with van der Waals surface area (Å²) < 4.78 is 84.2. The van der Waals surface area contributed by atoms with Crippen LogP contribution in [-0.4, -0.2) is 44.6 Å². The van der Waals surface area contributed by atoms with E-state index < -0.39 is 40.5 Å². The average Bonchev–Trinajstić information content (AvgIpc) is 2.79. The lowest BCUT2D eigenvalue weighted by molar-refractivity contribution is -0.284. The van der Waals surface area contributed by atoms with Crippen LogP contribution < -0.4 is 5.32 Å². The highest BCUT2D eigenvalue weighted by molar-refractivity contribution is 7.91. The predicted molar refractivity (Wildman–Crippen MR) is 69.1 cm³/mol. The number of hydrogen-bond donors (Lipinski definition) is 1. The van der Waals surface area contributed by atoms with Gasteiger partial charge in [-0.1, -0.05) is 0 Å². The molecule has 0 aromatic carbocycles. The Balaban J connectivity index is 2.26. The second-order valence-electron chi connectivity index (χ2n) is 5.39. The fraction of sp³-hybridized carbons (Fsp3) is 1.00. The van der Waals surface area contributed by atoms with Gasteiger partial charge in [0.1, 0.15) is 9.84 Å². The first-order chi connectivity index (χ1) is 9.54. The molecule has 1 fully saturated rings. The van der Waals surface area contributed by atoms with Crippen LogP contribution in [0.5, 0.6) is 0 Å². The van der Waals surface area contributed by atoms with Crippen LogP contribution in [0.4, 0.5) is 22.0 Å². The summed E-state index contributed by atoms with van der Waals surface area (Å²) >= 11 is 0. The molecule has 0 saturated carbocycles. The summed E-state index contributed by atoms with van der Waals surface area (Å²) in [6.07, 6.45) is -4.68. The van der Waals surface area contributed by atoms with Gasteiger partial charge in [-0.2, -0.15) is 22.0 Å². The van der Waals surface area contributed by atoms with E-state index in [1.807, 2.05) is 0 Å². The molecule has 1 rings (SSSR count). The quantitative estimate of drug-likeness (QED) is 0.693. The van der Waals surface area contributed by atoms with Crippen LogP contribution in [0.1, 0.15) is 38.5 Å². The van der Waals surface area contributed by atoms with Crippen LogP contribution in [0.25, 0.3) is 0 Å². The van der Waals surface area contributed by atoms with Crippen LogP contribution in [0.2, 0.25) is 0 Å². The van der Waals surface area contributed by atoms with Crippen molar-refractivity contribution in [2.24, 2.45) is 0 Å². The third-order valence-corrected chi connectivity index (χ3v) is 5.35. The van der Waals surface area contributed by atoms with Crippen molar-refractivity contribution >= 4 is 9.84 Å². The Morgan fingerprint density at radius 3 is 2.19 bits per heavy atom. The summed E-state index contributed by atoms with van der Waals surface area (Å²) in [4.78, 5) is 0. The summed E-state index contributed by atoms with van der Waals surface area (Å²) in [6, 6.07) is 0.287. The van der Waals surface area contributed by atoms with Gasteiger partial charge in [-0.3, -0.25) is 0 Å². The minimum absolute atomic E-state index is 0.164. The second-order valence-corrected chi connectivity index (χ2v) is 7.70. The lowest BCUT2D eigenvalue weighted by Crippen LogP contribution is -2.36. The van der Waals surface area contributed by atoms with E-state index in [2.05, 4.69) is 5.32 Å². The Morgan fingerprint density at radius 1 is 1.05 bits per heavy atom. The van der Waals surface area contributed by atoms with Crippen molar-refractivity contribution in [1.29, 1.82) is 0 Å². The zero-order valence-electron chi connectivity index (χ0n) is 11.6. The summed E-state index contributed by atoms with van der Waals surface area (Å²) in [5.74, 6) is -5.62. The van der Waals surface area contributed by atoms with E-state index in [4.69, 9.17) is 0 Å². The monoisotopic (exact) mass is 337 g/mol. The molecule has 3 nitrogen and oxygen atoms in total. The Hall–Kier alpha value is -0.440. The minimum atomic E-state index is -5.62. The minimum Gasteiger partial charge on any atom is -0.314 e. The fourth-order valence-electron chi connectivity index (χ4n) is 2.31. The molecule has 0 aromatic rings. The van der Waals surface area contributed by atoms with Crippen molar-refractivity contribution in [3.63, 3.8) is 0 Å². The van der Waals surface area contributed by atoms with E-state index in [1.165, 1.54) is 0 Å². The third kappa shape index (κ3) is 6.46. The number of sulfone groups is 1. The Morgan fingerprint density at radius 2 is 1.67 bits per heavy atom. The lowest BCUT2D eigenvalue weighted by Gasteiger charge is -2.19. The largest absolute Gasteiger partial charge is 0.453 e. The highest BCUT2D eigenvalue weighted by atomic mass is 32.2. The molecule has 0 radical (unpaired) electrons. The first-order valence-electron chi connectivity index (χ1n) is 6.92. The standard InChI is InChI=1S/C12H20F5NO2S/c13-11(14,12(15,16)17)6-3-9-21(19,20)8-2-5-10-4-1-7-18-10/h10,18H,1-9H2. The van der Waals surface area contributed by atoms with E-state index >= 15 is 0 Å². The Bertz CT molecular complexity index is 416. The molecule has 1 unspecified atom stereocenters. The van der Waals surface area contributed by atoms with Crippen LogP contribution in [0.3, 0.4) is 0 Å². The highest BCUT2D eigenvalue weighted by Gasteiger charge is 2.56. The van der Waals surface area contributed by atoms with Crippen molar-refractivity contribution < 1.29 is 30.4 Å². The van der Waals surface area contributed by atoms with E-state index in [1.54, 1.807) is 0 Å². The number of alkyl halides is 5. The van der Waals surface area contributed by atoms with Gasteiger partial charge in [0.05, 0.1) is 11.5 Å². The molecule has 21 heavy (non-hydrogen) atoms. The smallest absolute Gasteiger partial charge is 0.314 e. The maximum absolute atomic E-state index is 12.6. The van der Waals surface area contributed by atoms with Crippen molar-refractivity contribution in [3.05, 3.63) is 0 Å². The normalized spacial score (nSPS) is 20.9. The molecular weight excluding hydrogens is 317 g/mol. The molecule has 1 aliphatic rings. The first-order valence-corrected chi connectivity index (χ1v) is 8.74. The van der Waals surface area contributed by atoms with Crippen molar-refractivity contribution in [2.75, 3.05) is 18.1 Å². The number of nitrogens with one attached hydrogen (secondary N) is 1. The zero-order chi connectivity index (χ0) is 16.1. The number of halogens is 5. The number of rotatable bonds is 8. The maximum Gasteiger partial charge on any atom is 0.453 e. The van der Waals surface area contributed by atoms with Gasteiger partial charge in [0.15, 0.2) is 0 Å². The molecule has 0 aromatic heterocycles. The molecule has 9 heteroatoms. The van der Waals surface area contributed by atoms with Gasteiger partial charge >= 0.3 is 12.1 Å². The summed E-state index contributed by atoms with van der Waals surface area (Å²) in [6.45, 7) is 0.907. The van der Waals surface area contributed by atoms with Crippen LogP contribution in [0, 0.1) is 0 Å². The SMILES string of the molecule is O=S(=O)(CCCC1CCCN1)CCCC(F)(F)C(F)(F)F. The van der Waals surface area contributed by atoms with Crippen molar-refractivity contribution in [1.82, 2.24) is 5.32 Å². The highest BCUT2D eigenvalue weighted by Crippen LogP contribution is 2.38. The molecule has 0 bridgehead atoms. The molecule has 126 valence electrons. The van der Waals surface area contributed by atoms with Gasteiger partial charge in [0.2, 0.25) is 0 Å². The molecule has 1 N–H and O–H groups in total. The molecule has 1 atom stereocenters. The third-order valence-electron chi connectivity index (χ3n) is 3.53. The first kappa shape index (κ1) is 18.6. The van der Waals surface area contributed by atoms with Gasteiger partial charge in [-0.15, -0.1) is 0 Å². The van der Waals surface area contributed by atoms with Gasteiger partial charge in [-0.25, -0.2) is 8.42 Å². The maximum atomic E-state index is 12.6. The zero-order valence-corrected chi connectivity index (χ0v) is 12.4. The number of hydrogen-bond acceptors (Lipinski definition) is 3. The molecule has 1 saturated heterocycles. The Labute approximate surface area is 121 Å². The summed E-state index contributed by atoms with van der Waals surface area (Å²) in [7, 11) is -3.57. The van der Waals surface area contributed by atoms with Crippen molar-refractivity contribution in [3.8, 4) is 0 Å². The summed E-state index contributed by atoms with van der Waals surface area (Å²) in [5, 5.41) is 3.20. The molecular formula is C12H20F5NO2S. The summed E-state index contributed by atoms with van der Waals surface area (Å²) in [5.41, 5.74) is 0. The van der Waals surface area contributed by atoms with Gasteiger partial charge in [-0.05, 0) is 38.6 Å². The molecule has 0 spiro atoms. The van der Waals surface area contributed by atoms with Gasteiger partial charge < -0.3 is 5.32 Å².